The van der Waals surface area contributed by atoms with Gasteiger partial charge >= 0.3 is 0 Å². The maximum atomic E-state index is 13.9. The number of hydrazine groups is 1. The predicted octanol–water partition coefficient (Wildman–Crippen LogP) is 4.29. The fourth-order valence-corrected chi connectivity index (χ4v) is 5.64. The van der Waals surface area contributed by atoms with E-state index in [9.17, 15) is 8.42 Å². The van der Waals surface area contributed by atoms with Crippen LogP contribution < -0.4 is 19.9 Å². The first-order valence-electron chi connectivity index (χ1n) is 10.5. The zero-order valence-electron chi connectivity index (χ0n) is 18.4. The van der Waals surface area contributed by atoms with Gasteiger partial charge in [-0.05, 0) is 60.5 Å². The van der Waals surface area contributed by atoms with Gasteiger partial charge in [0.25, 0.3) is 0 Å². The van der Waals surface area contributed by atoms with Crippen LogP contribution >= 0.6 is 11.6 Å². The number of sulfonamides is 1. The van der Waals surface area contributed by atoms with Crippen LogP contribution in [0.4, 0.5) is 5.69 Å². The van der Waals surface area contributed by atoms with Gasteiger partial charge in [-0.15, -0.1) is 0 Å². The van der Waals surface area contributed by atoms with Crippen molar-refractivity contribution in [3.63, 3.8) is 0 Å². The zero-order valence-corrected chi connectivity index (χ0v) is 20.0. The molecular weight excluding hydrogens is 462 g/mol. The van der Waals surface area contributed by atoms with Gasteiger partial charge in [0.2, 0.25) is 10.0 Å². The molecule has 3 aromatic rings. The summed E-state index contributed by atoms with van der Waals surface area (Å²) in [5.74, 6) is 1.13. The zero-order chi connectivity index (χ0) is 23.4. The number of halogens is 1. The molecule has 1 fully saturated rings. The number of para-hydroxylation sites is 1. The molecule has 0 spiro atoms. The van der Waals surface area contributed by atoms with Gasteiger partial charge in [-0.25, -0.2) is 13.8 Å². The summed E-state index contributed by atoms with van der Waals surface area (Å²) >= 11 is 6.01. The number of nitrogens with one attached hydrogen (secondary N) is 1. The van der Waals surface area contributed by atoms with Gasteiger partial charge < -0.3 is 9.47 Å². The molecule has 174 valence electrons. The molecule has 1 N–H and O–H groups in total. The lowest BCUT2D eigenvalue weighted by Gasteiger charge is -2.35. The van der Waals surface area contributed by atoms with Crippen LogP contribution in [0.5, 0.6) is 11.5 Å². The maximum Gasteiger partial charge on any atom is 0.245 e. The molecule has 0 radical (unpaired) electrons. The molecular formula is C24H26ClN3O4S. The van der Waals surface area contributed by atoms with E-state index in [0.717, 1.165) is 11.3 Å². The van der Waals surface area contributed by atoms with Crippen molar-refractivity contribution in [2.75, 3.05) is 25.8 Å². The highest BCUT2D eigenvalue weighted by atomic mass is 35.5. The molecule has 1 unspecified atom stereocenters. The van der Waals surface area contributed by atoms with Crippen molar-refractivity contribution >= 4 is 27.3 Å². The minimum absolute atomic E-state index is 0.154. The standard InChI is InChI=1S/C24H26ClN3O4S/c1-31-22-13-8-18(16-23(22)32-2)17-27(33(29,30)21-11-9-19(25)10-12-21)24-14-15-26-28(24)20-6-4-3-5-7-20/h3-13,16,24,26H,14-15,17H2,1-2H3. The van der Waals surface area contributed by atoms with E-state index in [1.807, 2.05) is 41.4 Å². The number of nitrogens with zero attached hydrogens (tertiary/aromatic N) is 2. The molecule has 0 amide bonds. The van der Waals surface area contributed by atoms with Crippen LogP contribution in [0.3, 0.4) is 0 Å². The average Bonchev–Trinajstić information content (AvgIpc) is 3.32. The lowest BCUT2D eigenvalue weighted by molar-refractivity contribution is 0.313. The quantitative estimate of drug-likeness (QED) is 0.511. The Kier molecular flexibility index (Phi) is 7.09. The molecule has 1 heterocycles. The van der Waals surface area contributed by atoms with Gasteiger partial charge in [0.15, 0.2) is 11.5 Å². The summed E-state index contributed by atoms with van der Waals surface area (Å²) < 4.78 is 40.0. The molecule has 1 atom stereocenters. The highest BCUT2D eigenvalue weighted by Gasteiger charge is 2.38. The van der Waals surface area contributed by atoms with E-state index < -0.39 is 16.2 Å². The second-order valence-corrected chi connectivity index (χ2v) is 9.90. The van der Waals surface area contributed by atoms with Crippen LogP contribution in [-0.2, 0) is 16.6 Å². The van der Waals surface area contributed by atoms with E-state index in [-0.39, 0.29) is 11.4 Å². The summed E-state index contributed by atoms with van der Waals surface area (Å²) in [7, 11) is -0.731. The van der Waals surface area contributed by atoms with Crippen molar-refractivity contribution in [2.45, 2.75) is 24.0 Å². The molecule has 0 bridgehead atoms. The minimum Gasteiger partial charge on any atom is -0.493 e. The van der Waals surface area contributed by atoms with E-state index >= 15 is 0 Å². The molecule has 1 saturated heterocycles. The minimum atomic E-state index is -3.85. The summed E-state index contributed by atoms with van der Waals surface area (Å²) in [6, 6.07) is 21.4. The van der Waals surface area contributed by atoms with Crippen molar-refractivity contribution < 1.29 is 17.9 Å². The second kappa shape index (κ2) is 10.0. The molecule has 7 nitrogen and oxygen atoms in total. The molecule has 33 heavy (non-hydrogen) atoms. The van der Waals surface area contributed by atoms with Crippen LogP contribution in [0.2, 0.25) is 5.02 Å². The lowest BCUT2D eigenvalue weighted by Crippen LogP contribution is -2.50. The molecule has 9 heteroatoms. The van der Waals surface area contributed by atoms with Gasteiger partial charge in [-0.2, -0.15) is 4.31 Å². The van der Waals surface area contributed by atoms with E-state index in [1.165, 1.54) is 16.4 Å². The Bertz CT molecular complexity index is 1190. The van der Waals surface area contributed by atoms with E-state index in [4.69, 9.17) is 21.1 Å². The largest absolute Gasteiger partial charge is 0.493 e. The molecule has 0 aromatic heterocycles. The van der Waals surface area contributed by atoms with Crippen LogP contribution in [0.15, 0.2) is 77.7 Å². The van der Waals surface area contributed by atoms with Crippen LogP contribution in [0, 0.1) is 0 Å². The topological polar surface area (TPSA) is 71.1 Å². The summed E-state index contributed by atoms with van der Waals surface area (Å²) in [4.78, 5) is 0.187. The Morgan fingerprint density at radius 1 is 1.00 bits per heavy atom. The number of methoxy groups -OCH3 is 2. The van der Waals surface area contributed by atoms with Crippen LogP contribution in [-0.4, -0.2) is 39.7 Å². The van der Waals surface area contributed by atoms with Crippen LogP contribution in [0.25, 0.3) is 0 Å². The Balaban J connectivity index is 1.76. The average molecular weight is 488 g/mol. The summed E-state index contributed by atoms with van der Waals surface area (Å²) in [6.07, 6.45) is 0.191. The fourth-order valence-electron chi connectivity index (χ4n) is 3.92. The summed E-state index contributed by atoms with van der Waals surface area (Å²) in [5, 5.41) is 2.39. The van der Waals surface area contributed by atoms with E-state index in [2.05, 4.69) is 5.43 Å². The third-order valence-electron chi connectivity index (χ3n) is 5.56. The molecule has 3 aromatic carbocycles. The first-order chi connectivity index (χ1) is 15.9. The molecule has 0 saturated carbocycles. The van der Waals surface area contributed by atoms with Gasteiger partial charge in [0, 0.05) is 18.1 Å². The third-order valence-corrected chi connectivity index (χ3v) is 7.67. The monoisotopic (exact) mass is 487 g/mol. The van der Waals surface area contributed by atoms with Crippen molar-refractivity contribution in [1.29, 1.82) is 0 Å². The van der Waals surface area contributed by atoms with Crippen molar-refractivity contribution in [1.82, 2.24) is 9.73 Å². The van der Waals surface area contributed by atoms with Crippen molar-refractivity contribution in [3.8, 4) is 11.5 Å². The molecule has 4 rings (SSSR count). The molecule has 1 aliphatic heterocycles. The third kappa shape index (κ3) is 4.94. The Morgan fingerprint density at radius 3 is 2.36 bits per heavy atom. The molecule has 0 aliphatic carbocycles. The van der Waals surface area contributed by atoms with E-state index in [1.54, 1.807) is 38.5 Å². The number of benzene rings is 3. The number of hydrogen-bond donors (Lipinski definition) is 1. The lowest BCUT2D eigenvalue weighted by atomic mass is 10.2. The summed E-state index contributed by atoms with van der Waals surface area (Å²) in [5.41, 5.74) is 5.00. The fraction of sp³-hybridized carbons (Fsp3) is 0.250. The second-order valence-electron chi connectivity index (χ2n) is 7.58. The first kappa shape index (κ1) is 23.4. The number of ether oxygens (including phenoxy) is 2. The van der Waals surface area contributed by atoms with Crippen LogP contribution in [0.1, 0.15) is 12.0 Å². The summed E-state index contributed by atoms with van der Waals surface area (Å²) in [6.45, 7) is 0.805. The number of rotatable bonds is 8. The normalized spacial score (nSPS) is 16.2. The highest BCUT2D eigenvalue weighted by molar-refractivity contribution is 7.89. The van der Waals surface area contributed by atoms with Crippen molar-refractivity contribution in [2.24, 2.45) is 0 Å². The Hall–Kier alpha value is -2.78. The van der Waals surface area contributed by atoms with Crippen molar-refractivity contribution in [3.05, 3.63) is 83.4 Å². The van der Waals surface area contributed by atoms with Gasteiger partial charge in [0.1, 0.15) is 6.17 Å². The molecule has 1 aliphatic rings. The van der Waals surface area contributed by atoms with Gasteiger partial charge in [-0.3, -0.25) is 5.01 Å². The first-order valence-corrected chi connectivity index (χ1v) is 12.3. The highest BCUT2D eigenvalue weighted by Crippen LogP contribution is 2.32. The predicted molar refractivity (Wildman–Crippen MR) is 129 cm³/mol. The van der Waals surface area contributed by atoms with Gasteiger partial charge in [-0.1, -0.05) is 35.9 Å². The van der Waals surface area contributed by atoms with Gasteiger partial charge in [0.05, 0.1) is 24.8 Å². The number of anilines is 1. The smallest absolute Gasteiger partial charge is 0.245 e. The van der Waals surface area contributed by atoms with E-state index in [0.29, 0.717) is 29.5 Å². The Morgan fingerprint density at radius 2 is 1.70 bits per heavy atom. The maximum absolute atomic E-state index is 13.9. The SMILES string of the molecule is COc1ccc(CN(C2CCNN2c2ccccc2)S(=O)(=O)c2ccc(Cl)cc2)cc1OC. The Labute approximate surface area is 199 Å². The number of hydrogen-bond acceptors (Lipinski definition) is 6.